The molecule has 0 aromatic carbocycles. The first kappa shape index (κ1) is 23.1. The third-order valence-electron chi connectivity index (χ3n) is 4.98. The largest absolute Gasteiger partial charge is 0.481 e. The SMILES string of the molecule is CCCCC[C@H](O)/C=C/C1OC(O)CC(O)[C@@H]1CCCCCCC(=O)O. The van der Waals surface area contributed by atoms with Crippen LogP contribution in [-0.2, 0) is 9.53 Å². The number of hydrogen-bond donors (Lipinski definition) is 4. The highest BCUT2D eigenvalue weighted by Gasteiger charge is 2.35. The Morgan fingerprint density at radius 2 is 1.88 bits per heavy atom. The molecule has 0 amide bonds. The van der Waals surface area contributed by atoms with Crippen LogP contribution in [0.5, 0.6) is 0 Å². The summed E-state index contributed by atoms with van der Waals surface area (Å²) >= 11 is 0. The van der Waals surface area contributed by atoms with Crippen LogP contribution in [0.2, 0.25) is 0 Å². The molecule has 6 nitrogen and oxygen atoms in total. The van der Waals surface area contributed by atoms with E-state index < -0.39 is 30.6 Å². The first-order chi connectivity index (χ1) is 12.4. The highest BCUT2D eigenvalue weighted by atomic mass is 16.6. The second kappa shape index (κ2) is 13.3. The first-order valence-corrected chi connectivity index (χ1v) is 10.0. The van der Waals surface area contributed by atoms with Crippen molar-refractivity contribution in [2.75, 3.05) is 0 Å². The number of aliphatic carboxylic acids is 1. The molecule has 152 valence electrons. The number of carbonyl (C=O) groups is 1. The van der Waals surface area contributed by atoms with Crippen molar-refractivity contribution in [2.45, 2.75) is 102 Å². The van der Waals surface area contributed by atoms with Crippen molar-refractivity contribution in [3.8, 4) is 0 Å². The molecule has 6 heteroatoms. The van der Waals surface area contributed by atoms with Crippen LogP contribution in [-0.4, -0.2) is 51.0 Å². The first-order valence-electron chi connectivity index (χ1n) is 10.0. The molecule has 0 aromatic heterocycles. The van der Waals surface area contributed by atoms with Crippen LogP contribution in [0.4, 0.5) is 0 Å². The molecule has 0 spiro atoms. The predicted octanol–water partition coefficient (Wildman–Crippen LogP) is 2.99. The van der Waals surface area contributed by atoms with E-state index in [4.69, 9.17) is 9.84 Å². The van der Waals surface area contributed by atoms with Crippen LogP contribution >= 0.6 is 0 Å². The molecule has 0 radical (unpaired) electrons. The van der Waals surface area contributed by atoms with Gasteiger partial charge < -0.3 is 25.2 Å². The molecule has 1 saturated heterocycles. The summed E-state index contributed by atoms with van der Waals surface area (Å²) in [7, 11) is 0. The number of ether oxygens (including phenoxy) is 1. The number of unbranched alkanes of at least 4 members (excludes halogenated alkanes) is 5. The minimum absolute atomic E-state index is 0.114. The van der Waals surface area contributed by atoms with Gasteiger partial charge in [0.05, 0.1) is 18.3 Å². The molecule has 0 bridgehead atoms. The van der Waals surface area contributed by atoms with E-state index >= 15 is 0 Å². The highest BCUT2D eigenvalue weighted by molar-refractivity contribution is 5.66. The monoisotopic (exact) mass is 372 g/mol. The van der Waals surface area contributed by atoms with Crippen molar-refractivity contribution in [3.05, 3.63) is 12.2 Å². The fourth-order valence-electron chi connectivity index (χ4n) is 3.43. The zero-order valence-electron chi connectivity index (χ0n) is 15.9. The molecule has 0 aromatic rings. The summed E-state index contributed by atoms with van der Waals surface area (Å²) < 4.78 is 5.57. The van der Waals surface area contributed by atoms with Crippen LogP contribution in [0.3, 0.4) is 0 Å². The van der Waals surface area contributed by atoms with Crippen molar-refractivity contribution in [1.82, 2.24) is 0 Å². The Morgan fingerprint density at radius 1 is 1.15 bits per heavy atom. The maximum atomic E-state index is 10.5. The Morgan fingerprint density at radius 3 is 2.58 bits per heavy atom. The lowest BCUT2D eigenvalue weighted by Crippen LogP contribution is -2.43. The Bertz CT molecular complexity index is 411. The van der Waals surface area contributed by atoms with E-state index in [0.717, 1.165) is 44.9 Å². The van der Waals surface area contributed by atoms with Crippen LogP contribution in [0.1, 0.15) is 77.6 Å². The fraction of sp³-hybridized carbons (Fsp3) is 0.850. The van der Waals surface area contributed by atoms with Crippen molar-refractivity contribution in [2.24, 2.45) is 5.92 Å². The average molecular weight is 373 g/mol. The van der Waals surface area contributed by atoms with E-state index in [-0.39, 0.29) is 18.8 Å². The van der Waals surface area contributed by atoms with Crippen LogP contribution in [0.15, 0.2) is 12.2 Å². The number of carboxylic acids is 1. The molecule has 26 heavy (non-hydrogen) atoms. The predicted molar refractivity (Wildman–Crippen MR) is 99.6 cm³/mol. The molecule has 1 rings (SSSR count). The third-order valence-corrected chi connectivity index (χ3v) is 4.98. The molecular weight excluding hydrogens is 336 g/mol. The van der Waals surface area contributed by atoms with Crippen LogP contribution in [0.25, 0.3) is 0 Å². The van der Waals surface area contributed by atoms with Crippen LogP contribution < -0.4 is 0 Å². The third kappa shape index (κ3) is 9.67. The van der Waals surface area contributed by atoms with Gasteiger partial charge in [0.2, 0.25) is 0 Å². The van der Waals surface area contributed by atoms with Gasteiger partial charge in [-0.05, 0) is 19.3 Å². The van der Waals surface area contributed by atoms with Gasteiger partial charge in [-0.15, -0.1) is 0 Å². The smallest absolute Gasteiger partial charge is 0.303 e. The quantitative estimate of drug-likeness (QED) is 0.292. The number of rotatable bonds is 13. The molecule has 4 N–H and O–H groups in total. The number of hydrogen-bond acceptors (Lipinski definition) is 5. The molecular formula is C20H36O6. The number of carboxylic acid groups (broad SMARTS) is 1. The van der Waals surface area contributed by atoms with Crippen molar-refractivity contribution >= 4 is 5.97 Å². The summed E-state index contributed by atoms with van der Waals surface area (Å²) in [5, 5.41) is 38.7. The van der Waals surface area contributed by atoms with Gasteiger partial charge in [0.25, 0.3) is 0 Å². The van der Waals surface area contributed by atoms with E-state index in [2.05, 4.69) is 6.92 Å². The van der Waals surface area contributed by atoms with E-state index in [9.17, 15) is 20.1 Å². The molecule has 1 aliphatic rings. The lowest BCUT2D eigenvalue weighted by atomic mass is 9.85. The lowest BCUT2D eigenvalue weighted by Gasteiger charge is -2.37. The maximum absolute atomic E-state index is 10.5. The maximum Gasteiger partial charge on any atom is 0.303 e. The van der Waals surface area contributed by atoms with E-state index in [1.54, 1.807) is 12.2 Å². The van der Waals surface area contributed by atoms with Gasteiger partial charge in [-0.1, -0.05) is 57.6 Å². The fourth-order valence-corrected chi connectivity index (χ4v) is 3.43. The highest BCUT2D eigenvalue weighted by Crippen LogP contribution is 2.30. The second-order valence-corrected chi connectivity index (χ2v) is 7.32. The zero-order chi connectivity index (χ0) is 19.4. The van der Waals surface area contributed by atoms with Gasteiger partial charge >= 0.3 is 5.97 Å². The van der Waals surface area contributed by atoms with Crippen molar-refractivity contribution in [3.63, 3.8) is 0 Å². The molecule has 5 atom stereocenters. The molecule has 0 aliphatic carbocycles. The summed E-state index contributed by atoms with van der Waals surface area (Å²) in [6.07, 6.45) is 9.27. The standard InChI is InChI=1S/C20H36O6/c1-2-3-6-9-15(21)12-13-18-16(17(22)14-20(25)26-18)10-7-4-5-8-11-19(23)24/h12-13,15-18,20-22,25H,2-11,14H2,1H3,(H,23,24)/b13-12+/t15-,16-,17?,18?,20?/m0/s1. The molecule has 1 aliphatic heterocycles. The Balaban J connectivity index is 2.44. The van der Waals surface area contributed by atoms with Crippen molar-refractivity contribution < 1.29 is 30.0 Å². The average Bonchev–Trinajstić information content (AvgIpc) is 2.57. The summed E-state index contributed by atoms with van der Waals surface area (Å²) in [4.78, 5) is 10.5. The lowest BCUT2D eigenvalue weighted by molar-refractivity contribution is -0.201. The normalized spacial score (nSPS) is 27.7. The molecule has 1 heterocycles. The van der Waals surface area contributed by atoms with Gasteiger partial charge in [-0.3, -0.25) is 4.79 Å². The minimum Gasteiger partial charge on any atom is -0.481 e. The Kier molecular flexibility index (Phi) is 11.8. The molecule has 3 unspecified atom stereocenters. The zero-order valence-corrected chi connectivity index (χ0v) is 15.9. The summed E-state index contributed by atoms with van der Waals surface area (Å²) in [5.74, 6) is -0.880. The van der Waals surface area contributed by atoms with Gasteiger partial charge in [-0.2, -0.15) is 0 Å². The van der Waals surface area contributed by atoms with Gasteiger partial charge in [0, 0.05) is 18.8 Å². The van der Waals surface area contributed by atoms with Crippen LogP contribution in [0, 0.1) is 5.92 Å². The van der Waals surface area contributed by atoms with Gasteiger partial charge in [-0.25, -0.2) is 0 Å². The van der Waals surface area contributed by atoms with Crippen molar-refractivity contribution in [1.29, 1.82) is 0 Å². The molecule has 0 saturated carbocycles. The van der Waals surface area contributed by atoms with E-state index in [1.807, 2.05) is 0 Å². The second-order valence-electron chi connectivity index (χ2n) is 7.32. The van der Waals surface area contributed by atoms with E-state index in [0.29, 0.717) is 12.8 Å². The summed E-state index contributed by atoms with van der Waals surface area (Å²) in [6.45, 7) is 2.12. The Hall–Kier alpha value is -0.950. The summed E-state index contributed by atoms with van der Waals surface area (Å²) in [6, 6.07) is 0. The number of aliphatic hydroxyl groups excluding tert-OH is 3. The van der Waals surface area contributed by atoms with Gasteiger partial charge in [0.1, 0.15) is 0 Å². The van der Waals surface area contributed by atoms with Gasteiger partial charge in [0.15, 0.2) is 6.29 Å². The minimum atomic E-state index is -0.983. The van der Waals surface area contributed by atoms with E-state index in [1.165, 1.54) is 0 Å². The molecule has 1 fully saturated rings. The topological polar surface area (TPSA) is 107 Å². The number of aliphatic hydroxyl groups is 3. The summed E-state index contributed by atoms with van der Waals surface area (Å²) in [5.41, 5.74) is 0. The Labute approximate surface area is 156 Å².